The van der Waals surface area contributed by atoms with Gasteiger partial charge in [-0.15, -0.1) is 0 Å². The molecular formula is C13H14NO5-. The van der Waals surface area contributed by atoms with E-state index >= 15 is 0 Å². The highest BCUT2D eigenvalue weighted by atomic mass is 16.6. The van der Waals surface area contributed by atoms with Crippen LogP contribution in [0.1, 0.15) is 13.3 Å². The van der Waals surface area contributed by atoms with Crippen LogP contribution < -0.4 is 5.11 Å². The third kappa shape index (κ3) is 1.10. The Morgan fingerprint density at radius 2 is 2.32 bits per heavy atom. The van der Waals surface area contributed by atoms with Crippen LogP contribution >= 0.6 is 0 Å². The van der Waals surface area contributed by atoms with Gasteiger partial charge in [0.05, 0.1) is 18.1 Å². The summed E-state index contributed by atoms with van der Waals surface area (Å²) in [5.74, 6) is -3.09. The van der Waals surface area contributed by atoms with Crippen LogP contribution in [0.15, 0.2) is 12.2 Å². The number of carbonyl (C=O) groups excluding carboxylic acids is 2. The number of fused-ring (bicyclic) bond motifs is 2. The molecular weight excluding hydrogens is 250 g/mol. The molecule has 102 valence electrons. The van der Waals surface area contributed by atoms with Gasteiger partial charge in [0, 0.05) is 18.4 Å². The highest BCUT2D eigenvalue weighted by molar-refractivity contribution is 5.91. The van der Waals surface area contributed by atoms with Crippen molar-refractivity contribution >= 4 is 11.9 Å². The summed E-state index contributed by atoms with van der Waals surface area (Å²) in [4.78, 5) is 25.6. The van der Waals surface area contributed by atoms with E-state index in [0.29, 0.717) is 13.2 Å². The zero-order valence-corrected chi connectivity index (χ0v) is 10.5. The average Bonchev–Trinajstić information content (AvgIpc) is 2.94. The molecule has 1 amide bonds. The van der Waals surface area contributed by atoms with Crippen LogP contribution in [-0.2, 0) is 19.1 Å². The number of nitrogens with zero attached hydrogens (tertiary/aromatic N) is 1. The lowest BCUT2D eigenvalue weighted by molar-refractivity contribution is -0.315. The number of ether oxygens (including phenoxy) is 2. The van der Waals surface area contributed by atoms with Crippen LogP contribution in [0.3, 0.4) is 0 Å². The first-order valence-corrected chi connectivity index (χ1v) is 6.53. The van der Waals surface area contributed by atoms with Crippen LogP contribution in [0.2, 0.25) is 0 Å². The highest BCUT2D eigenvalue weighted by Crippen LogP contribution is 2.59. The molecule has 0 N–H and O–H groups in total. The Bertz CT molecular complexity index is 517. The number of carboxylic acid groups (broad SMARTS) is 1. The second-order valence-electron chi connectivity index (χ2n) is 5.86. The van der Waals surface area contributed by atoms with Gasteiger partial charge in [0.15, 0.2) is 6.23 Å². The van der Waals surface area contributed by atoms with Crippen LogP contribution in [-0.4, -0.2) is 47.4 Å². The van der Waals surface area contributed by atoms with E-state index in [9.17, 15) is 14.7 Å². The molecule has 4 aliphatic rings. The van der Waals surface area contributed by atoms with Gasteiger partial charge >= 0.3 is 0 Å². The largest absolute Gasteiger partial charge is 0.550 e. The molecule has 0 aromatic rings. The fourth-order valence-corrected chi connectivity index (χ4v) is 4.08. The molecule has 2 bridgehead atoms. The SMILES string of the molecule is C[C@@]12C=C[C@@]3(O1)[C@@H](C(=O)N1CCCO[C@@H]13)[C@@H]2C(=O)[O-]. The van der Waals surface area contributed by atoms with Crippen molar-refractivity contribution in [2.75, 3.05) is 13.2 Å². The van der Waals surface area contributed by atoms with Gasteiger partial charge < -0.3 is 24.3 Å². The lowest BCUT2D eigenvalue weighted by Crippen LogP contribution is -2.50. The Kier molecular flexibility index (Phi) is 1.92. The van der Waals surface area contributed by atoms with E-state index in [1.54, 1.807) is 17.9 Å². The average molecular weight is 264 g/mol. The normalized spacial score (nSPS) is 50.5. The summed E-state index contributed by atoms with van der Waals surface area (Å²) < 4.78 is 11.7. The van der Waals surface area contributed by atoms with Gasteiger partial charge in [-0.25, -0.2) is 0 Å². The molecule has 0 unspecified atom stereocenters. The van der Waals surface area contributed by atoms with Crippen molar-refractivity contribution in [1.82, 2.24) is 4.90 Å². The fourth-order valence-electron chi connectivity index (χ4n) is 4.08. The van der Waals surface area contributed by atoms with Crippen LogP contribution in [0.5, 0.6) is 0 Å². The quantitative estimate of drug-likeness (QED) is 0.547. The number of rotatable bonds is 1. The van der Waals surface area contributed by atoms with Crippen molar-refractivity contribution in [2.24, 2.45) is 11.8 Å². The number of hydrogen-bond acceptors (Lipinski definition) is 5. The topological polar surface area (TPSA) is 78.9 Å². The summed E-state index contributed by atoms with van der Waals surface area (Å²) in [7, 11) is 0. The predicted octanol–water partition coefficient (Wildman–Crippen LogP) is -1.35. The molecule has 0 aliphatic carbocycles. The second kappa shape index (κ2) is 3.19. The maximum atomic E-state index is 12.5. The maximum Gasteiger partial charge on any atom is 0.232 e. The first-order chi connectivity index (χ1) is 9.00. The molecule has 3 saturated heterocycles. The Balaban J connectivity index is 1.86. The summed E-state index contributed by atoms with van der Waals surface area (Å²) in [5.41, 5.74) is -1.91. The van der Waals surface area contributed by atoms with Crippen molar-refractivity contribution in [2.45, 2.75) is 30.8 Å². The zero-order valence-electron chi connectivity index (χ0n) is 10.5. The summed E-state index contributed by atoms with van der Waals surface area (Å²) in [5, 5.41) is 11.5. The van der Waals surface area contributed by atoms with Crippen LogP contribution in [0, 0.1) is 11.8 Å². The Morgan fingerprint density at radius 3 is 3.05 bits per heavy atom. The third-order valence-corrected chi connectivity index (χ3v) is 4.80. The Morgan fingerprint density at radius 1 is 1.53 bits per heavy atom. The van der Waals surface area contributed by atoms with E-state index in [-0.39, 0.29) is 5.91 Å². The van der Waals surface area contributed by atoms with Crippen molar-refractivity contribution in [3.63, 3.8) is 0 Å². The van der Waals surface area contributed by atoms with Gasteiger partial charge in [0.2, 0.25) is 5.91 Å². The monoisotopic (exact) mass is 264 g/mol. The zero-order chi connectivity index (χ0) is 13.4. The molecule has 0 radical (unpaired) electrons. The third-order valence-electron chi connectivity index (χ3n) is 4.80. The van der Waals surface area contributed by atoms with Crippen molar-refractivity contribution < 1.29 is 24.2 Å². The van der Waals surface area contributed by atoms with E-state index in [1.165, 1.54) is 0 Å². The first-order valence-electron chi connectivity index (χ1n) is 6.53. The standard InChI is InChI=1S/C13H15NO5/c1-12-3-4-13(19-12)7(8(12)10(16)17)9(15)14-5-2-6-18-11(13)14/h3-4,7-8,11H,2,5-6H2,1H3,(H,16,17)/p-1/t7-,8-,11-,12+,13-/m1/s1. The van der Waals surface area contributed by atoms with E-state index < -0.39 is 35.2 Å². The molecule has 0 saturated carbocycles. The lowest BCUT2D eigenvalue weighted by Gasteiger charge is -2.36. The van der Waals surface area contributed by atoms with Gasteiger partial charge in [-0.3, -0.25) is 4.79 Å². The first kappa shape index (κ1) is 11.4. The minimum atomic E-state index is -1.23. The van der Waals surface area contributed by atoms with E-state index in [0.717, 1.165) is 6.42 Å². The number of hydrogen-bond donors (Lipinski definition) is 0. The summed E-state index contributed by atoms with van der Waals surface area (Å²) in [6, 6.07) is 0. The number of carbonyl (C=O) groups is 2. The fraction of sp³-hybridized carbons (Fsp3) is 0.692. The highest BCUT2D eigenvalue weighted by Gasteiger charge is 2.74. The van der Waals surface area contributed by atoms with E-state index in [2.05, 4.69) is 0 Å². The molecule has 3 fully saturated rings. The molecule has 6 heteroatoms. The molecule has 4 rings (SSSR count). The minimum Gasteiger partial charge on any atom is -0.550 e. The molecule has 19 heavy (non-hydrogen) atoms. The summed E-state index contributed by atoms with van der Waals surface area (Å²) in [6.07, 6.45) is 3.81. The molecule has 0 aromatic heterocycles. The molecule has 4 heterocycles. The minimum absolute atomic E-state index is 0.188. The second-order valence-corrected chi connectivity index (χ2v) is 5.86. The predicted molar refractivity (Wildman–Crippen MR) is 59.4 cm³/mol. The van der Waals surface area contributed by atoms with Gasteiger partial charge in [-0.05, 0) is 19.4 Å². The Hall–Kier alpha value is -1.40. The van der Waals surface area contributed by atoms with Gasteiger partial charge in [0.1, 0.15) is 5.60 Å². The van der Waals surface area contributed by atoms with Crippen molar-refractivity contribution in [1.29, 1.82) is 0 Å². The molecule has 1 spiro atoms. The summed E-state index contributed by atoms with van der Waals surface area (Å²) >= 11 is 0. The van der Waals surface area contributed by atoms with Crippen LogP contribution in [0.4, 0.5) is 0 Å². The number of carboxylic acids is 1. The lowest BCUT2D eigenvalue weighted by atomic mass is 9.72. The van der Waals surface area contributed by atoms with E-state index in [1.807, 2.05) is 6.08 Å². The van der Waals surface area contributed by atoms with E-state index in [4.69, 9.17) is 9.47 Å². The van der Waals surface area contributed by atoms with Gasteiger partial charge in [-0.1, -0.05) is 6.08 Å². The maximum absolute atomic E-state index is 12.5. The Labute approximate surface area is 110 Å². The van der Waals surface area contributed by atoms with Crippen molar-refractivity contribution in [3.8, 4) is 0 Å². The molecule has 0 aromatic carbocycles. The molecule has 5 atom stereocenters. The molecule has 6 nitrogen and oxygen atoms in total. The molecule has 4 aliphatic heterocycles. The number of amides is 1. The smallest absolute Gasteiger partial charge is 0.232 e. The van der Waals surface area contributed by atoms with Crippen LogP contribution in [0.25, 0.3) is 0 Å². The van der Waals surface area contributed by atoms with Gasteiger partial charge in [-0.2, -0.15) is 0 Å². The summed E-state index contributed by atoms with van der Waals surface area (Å²) in [6.45, 7) is 2.85. The van der Waals surface area contributed by atoms with Crippen molar-refractivity contribution in [3.05, 3.63) is 12.2 Å². The number of aliphatic carboxylic acids is 1. The van der Waals surface area contributed by atoms with Gasteiger partial charge in [0.25, 0.3) is 0 Å².